The molecule has 0 aliphatic rings. The Hall–Kier alpha value is -3.10. The van der Waals surface area contributed by atoms with E-state index in [9.17, 15) is 0 Å². The molecule has 1 aromatic heterocycles. The summed E-state index contributed by atoms with van der Waals surface area (Å²) < 4.78 is 1.48. The van der Waals surface area contributed by atoms with Gasteiger partial charge in [-0.2, -0.15) is 15.8 Å². The van der Waals surface area contributed by atoms with Crippen LogP contribution >= 0.6 is 0 Å². The number of para-hydroxylation sites is 1. The van der Waals surface area contributed by atoms with Crippen molar-refractivity contribution in [3.8, 4) is 23.9 Å². The quantitative estimate of drug-likeness (QED) is 0.751. The summed E-state index contributed by atoms with van der Waals surface area (Å²) in [5, 5.41) is 27.1. The average molecular weight is 233 g/mol. The molecule has 84 valence electrons. The topological polar surface area (TPSA) is 89.2 Å². The molecule has 0 N–H and O–H groups in total. The van der Waals surface area contributed by atoms with Gasteiger partial charge in [0.05, 0.1) is 11.3 Å². The van der Waals surface area contributed by atoms with Crippen LogP contribution in [0.3, 0.4) is 0 Å². The third-order valence-electron chi connectivity index (χ3n) is 2.58. The molecule has 0 spiro atoms. The van der Waals surface area contributed by atoms with E-state index < -0.39 is 0 Å². The first-order chi connectivity index (χ1) is 8.72. The van der Waals surface area contributed by atoms with Gasteiger partial charge in [0.1, 0.15) is 24.5 Å². The van der Waals surface area contributed by atoms with Crippen LogP contribution in [0.2, 0.25) is 0 Å². The Morgan fingerprint density at radius 1 is 1.11 bits per heavy atom. The SMILES string of the molecule is Cc1cccc(C#N)c1-n1cnc(C#N)c1C#N. The van der Waals surface area contributed by atoms with Gasteiger partial charge < -0.3 is 0 Å². The first-order valence-electron chi connectivity index (χ1n) is 5.10. The fourth-order valence-electron chi connectivity index (χ4n) is 1.78. The van der Waals surface area contributed by atoms with Gasteiger partial charge in [0.2, 0.25) is 0 Å². The van der Waals surface area contributed by atoms with Crippen molar-refractivity contribution in [1.82, 2.24) is 9.55 Å². The van der Waals surface area contributed by atoms with E-state index in [1.807, 2.05) is 25.1 Å². The normalized spacial score (nSPS) is 9.22. The Morgan fingerprint density at radius 2 is 1.89 bits per heavy atom. The van der Waals surface area contributed by atoms with Crippen molar-refractivity contribution in [2.75, 3.05) is 0 Å². The molecule has 2 rings (SSSR count). The number of hydrogen-bond acceptors (Lipinski definition) is 4. The lowest BCUT2D eigenvalue weighted by atomic mass is 10.1. The van der Waals surface area contributed by atoms with E-state index in [-0.39, 0.29) is 11.4 Å². The van der Waals surface area contributed by atoms with Crippen LogP contribution in [0.5, 0.6) is 0 Å². The van der Waals surface area contributed by atoms with E-state index in [1.165, 1.54) is 10.9 Å². The number of aromatic nitrogens is 2. The largest absolute Gasteiger partial charge is 0.288 e. The molecule has 0 aliphatic carbocycles. The molecule has 0 bridgehead atoms. The molecular weight excluding hydrogens is 226 g/mol. The van der Waals surface area contributed by atoms with Gasteiger partial charge >= 0.3 is 0 Å². The lowest BCUT2D eigenvalue weighted by Gasteiger charge is -2.09. The first-order valence-corrected chi connectivity index (χ1v) is 5.10. The van der Waals surface area contributed by atoms with Gasteiger partial charge in [0.25, 0.3) is 0 Å². The number of nitriles is 3. The van der Waals surface area contributed by atoms with Gasteiger partial charge in [-0.05, 0) is 18.6 Å². The smallest absolute Gasteiger partial charge is 0.177 e. The van der Waals surface area contributed by atoms with Crippen LogP contribution < -0.4 is 0 Å². The zero-order chi connectivity index (χ0) is 13.1. The third-order valence-corrected chi connectivity index (χ3v) is 2.58. The Morgan fingerprint density at radius 3 is 2.50 bits per heavy atom. The predicted octanol–water partition coefficient (Wildman–Crippen LogP) is 1.80. The van der Waals surface area contributed by atoms with Crippen LogP contribution in [-0.4, -0.2) is 9.55 Å². The van der Waals surface area contributed by atoms with Crippen molar-refractivity contribution in [3.63, 3.8) is 0 Å². The molecule has 0 saturated carbocycles. The number of aryl methyl sites for hydroxylation is 1. The maximum absolute atomic E-state index is 9.10. The molecular formula is C13H7N5. The third kappa shape index (κ3) is 1.59. The van der Waals surface area contributed by atoms with Crippen molar-refractivity contribution in [2.45, 2.75) is 6.92 Å². The Kier molecular flexibility index (Phi) is 2.79. The molecule has 2 aromatic rings. The molecule has 0 saturated heterocycles. The van der Waals surface area contributed by atoms with Gasteiger partial charge in [0, 0.05) is 0 Å². The standard InChI is InChI=1S/C13H7N5/c1-9-3-2-4-10(5-14)13(9)18-8-17-11(6-15)12(18)7-16/h2-4,8H,1H3. The van der Waals surface area contributed by atoms with Crippen LogP contribution in [0.4, 0.5) is 0 Å². The zero-order valence-corrected chi connectivity index (χ0v) is 9.55. The van der Waals surface area contributed by atoms with Crippen LogP contribution in [0.1, 0.15) is 22.5 Å². The maximum Gasteiger partial charge on any atom is 0.177 e. The van der Waals surface area contributed by atoms with Gasteiger partial charge in [-0.1, -0.05) is 12.1 Å². The van der Waals surface area contributed by atoms with E-state index in [2.05, 4.69) is 11.1 Å². The second kappa shape index (κ2) is 4.41. The predicted molar refractivity (Wildman–Crippen MR) is 62.4 cm³/mol. The van der Waals surface area contributed by atoms with Gasteiger partial charge in [0.15, 0.2) is 11.4 Å². The molecule has 0 aliphatic heterocycles. The number of hydrogen-bond donors (Lipinski definition) is 0. The van der Waals surface area contributed by atoms with Gasteiger partial charge in [-0.15, -0.1) is 0 Å². The first kappa shape index (κ1) is 11.4. The van der Waals surface area contributed by atoms with E-state index in [0.717, 1.165) is 5.56 Å². The summed E-state index contributed by atoms with van der Waals surface area (Å²) in [4.78, 5) is 3.87. The summed E-state index contributed by atoms with van der Waals surface area (Å²) >= 11 is 0. The number of imidazole rings is 1. The summed E-state index contributed by atoms with van der Waals surface area (Å²) in [7, 11) is 0. The van der Waals surface area contributed by atoms with Gasteiger partial charge in [-0.25, -0.2) is 4.98 Å². The van der Waals surface area contributed by atoms with Crippen molar-refractivity contribution >= 4 is 0 Å². The van der Waals surface area contributed by atoms with E-state index in [4.69, 9.17) is 15.8 Å². The van der Waals surface area contributed by atoms with Crippen molar-refractivity contribution < 1.29 is 0 Å². The molecule has 1 heterocycles. The molecule has 0 unspecified atom stereocenters. The fourth-order valence-corrected chi connectivity index (χ4v) is 1.78. The molecule has 0 radical (unpaired) electrons. The van der Waals surface area contributed by atoms with E-state index in [0.29, 0.717) is 11.3 Å². The van der Waals surface area contributed by atoms with Crippen LogP contribution in [0.15, 0.2) is 24.5 Å². The average Bonchev–Trinajstić information content (AvgIpc) is 2.80. The highest BCUT2D eigenvalue weighted by Gasteiger charge is 2.15. The molecule has 5 heteroatoms. The van der Waals surface area contributed by atoms with E-state index in [1.54, 1.807) is 12.1 Å². The number of rotatable bonds is 1. The lowest BCUT2D eigenvalue weighted by molar-refractivity contribution is 1.01. The Bertz CT molecular complexity index is 734. The maximum atomic E-state index is 9.10. The number of nitrogens with zero attached hydrogens (tertiary/aromatic N) is 5. The minimum atomic E-state index is 0.0599. The van der Waals surface area contributed by atoms with Gasteiger partial charge in [-0.3, -0.25) is 4.57 Å². The highest BCUT2D eigenvalue weighted by atomic mass is 15.1. The zero-order valence-electron chi connectivity index (χ0n) is 9.55. The lowest BCUT2D eigenvalue weighted by Crippen LogP contribution is -2.02. The summed E-state index contributed by atoms with van der Waals surface area (Å²) in [6.07, 6.45) is 1.39. The van der Waals surface area contributed by atoms with Crippen LogP contribution in [0.25, 0.3) is 5.69 Å². The second-order valence-electron chi connectivity index (χ2n) is 3.62. The van der Waals surface area contributed by atoms with Crippen LogP contribution in [-0.2, 0) is 0 Å². The Labute approximate surface area is 104 Å². The van der Waals surface area contributed by atoms with Crippen LogP contribution in [0, 0.1) is 40.9 Å². The fraction of sp³-hybridized carbons (Fsp3) is 0.0769. The minimum Gasteiger partial charge on any atom is -0.288 e. The molecule has 0 amide bonds. The molecule has 0 atom stereocenters. The second-order valence-corrected chi connectivity index (χ2v) is 3.62. The van der Waals surface area contributed by atoms with Crippen molar-refractivity contribution in [2.24, 2.45) is 0 Å². The Balaban J connectivity index is 2.80. The molecule has 0 fully saturated rings. The molecule has 5 nitrogen and oxygen atoms in total. The van der Waals surface area contributed by atoms with Crippen molar-refractivity contribution in [3.05, 3.63) is 47.0 Å². The highest BCUT2D eigenvalue weighted by Crippen LogP contribution is 2.21. The summed E-state index contributed by atoms with van der Waals surface area (Å²) in [5.41, 5.74) is 2.07. The number of benzene rings is 1. The monoisotopic (exact) mass is 233 g/mol. The van der Waals surface area contributed by atoms with Crippen molar-refractivity contribution in [1.29, 1.82) is 15.8 Å². The van der Waals surface area contributed by atoms with E-state index >= 15 is 0 Å². The molecule has 1 aromatic carbocycles. The highest BCUT2D eigenvalue weighted by molar-refractivity contribution is 5.56. The minimum absolute atomic E-state index is 0.0599. The summed E-state index contributed by atoms with van der Waals surface area (Å²) in [5.74, 6) is 0. The summed E-state index contributed by atoms with van der Waals surface area (Å²) in [6.45, 7) is 1.84. The summed E-state index contributed by atoms with van der Waals surface area (Å²) in [6, 6.07) is 11.1. The molecule has 18 heavy (non-hydrogen) atoms.